The van der Waals surface area contributed by atoms with Gasteiger partial charge in [-0.3, -0.25) is 0 Å². The lowest BCUT2D eigenvalue weighted by Crippen LogP contribution is -2.41. The summed E-state index contributed by atoms with van der Waals surface area (Å²) in [7, 11) is 0. The van der Waals surface area contributed by atoms with Crippen molar-refractivity contribution in [2.24, 2.45) is 5.92 Å². The molecule has 0 nitrogen and oxygen atoms in total. The molecule has 0 heterocycles. The molecule has 1 unspecified atom stereocenters. The minimum atomic E-state index is -3.48. The Hall–Kier alpha value is 0.0800. The molecule has 0 fully saturated rings. The van der Waals surface area contributed by atoms with Crippen molar-refractivity contribution in [3.05, 3.63) is 0 Å². The van der Waals surface area contributed by atoms with Crippen LogP contribution in [0.2, 0.25) is 0 Å². The highest BCUT2D eigenvalue weighted by atomic mass is 35.5. The van der Waals surface area contributed by atoms with Gasteiger partial charge in [0.1, 0.15) is 0 Å². The lowest BCUT2D eigenvalue weighted by Gasteiger charge is -2.29. The maximum Gasteiger partial charge on any atom is 0.292 e. The lowest BCUT2D eigenvalue weighted by atomic mass is 9.98. The Bertz CT molecular complexity index is 128. The summed E-state index contributed by atoms with van der Waals surface area (Å²) in [4.78, 5) is 0. The molecular formula is C7H12ClF3. The molecular weight excluding hydrogens is 177 g/mol. The molecule has 0 radical (unpaired) electrons. The van der Waals surface area contributed by atoms with Crippen LogP contribution < -0.4 is 0 Å². The normalized spacial score (nSPS) is 21.0. The number of hydrogen-bond acceptors (Lipinski definition) is 0. The predicted molar refractivity (Wildman–Crippen MR) is 39.8 cm³/mol. The summed E-state index contributed by atoms with van der Waals surface area (Å²) in [6.07, 6.45) is 0.295. The fourth-order valence-corrected chi connectivity index (χ4v) is 0.843. The van der Waals surface area contributed by atoms with Crippen LogP contribution in [0.3, 0.4) is 0 Å². The van der Waals surface area contributed by atoms with Gasteiger partial charge in [0.15, 0.2) is 0 Å². The van der Waals surface area contributed by atoms with Gasteiger partial charge in [-0.15, -0.1) is 0 Å². The zero-order valence-corrected chi connectivity index (χ0v) is 7.55. The van der Waals surface area contributed by atoms with Crippen molar-refractivity contribution in [1.82, 2.24) is 0 Å². The second kappa shape index (κ2) is 3.21. The van der Waals surface area contributed by atoms with E-state index >= 15 is 0 Å². The first-order chi connectivity index (χ1) is 4.73. The smallest absolute Gasteiger partial charge is 0.219 e. The Morgan fingerprint density at radius 3 is 1.82 bits per heavy atom. The van der Waals surface area contributed by atoms with Crippen LogP contribution in [0.15, 0.2) is 0 Å². The molecule has 0 bridgehead atoms. The second-order valence-electron chi connectivity index (χ2n) is 2.82. The van der Waals surface area contributed by atoms with Crippen LogP contribution in [-0.2, 0) is 0 Å². The molecule has 0 aromatic heterocycles. The molecule has 0 amide bonds. The van der Waals surface area contributed by atoms with Crippen LogP contribution in [0.25, 0.3) is 0 Å². The van der Waals surface area contributed by atoms with Crippen molar-refractivity contribution in [3.63, 3.8) is 0 Å². The van der Waals surface area contributed by atoms with Crippen molar-refractivity contribution in [2.75, 3.05) is 0 Å². The zero-order valence-electron chi connectivity index (χ0n) is 6.80. The Kier molecular flexibility index (Phi) is 3.24. The van der Waals surface area contributed by atoms with Gasteiger partial charge >= 0.3 is 0 Å². The molecule has 0 aliphatic heterocycles. The Morgan fingerprint density at radius 1 is 1.36 bits per heavy atom. The summed E-state index contributed by atoms with van der Waals surface area (Å²) in [5, 5.41) is -2.91. The number of alkyl halides is 4. The third-order valence-electron chi connectivity index (χ3n) is 1.82. The first-order valence-corrected chi connectivity index (χ1v) is 3.87. The van der Waals surface area contributed by atoms with Crippen LogP contribution in [0.4, 0.5) is 13.2 Å². The largest absolute Gasteiger partial charge is 0.292 e. The standard InChI is InChI=1S/C7H12ClF3/c1-4-5(2)7(8,11)6(3,9)10/h5H,4H2,1-3H3/t5-,7?/m1/s1. The maximum absolute atomic E-state index is 13.0. The van der Waals surface area contributed by atoms with E-state index in [1.807, 2.05) is 0 Å². The van der Waals surface area contributed by atoms with Crippen LogP contribution in [0.1, 0.15) is 27.2 Å². The van der Waals surface area contributed by atoms with Gasteiger partial charge in [-0.2, -0.15) is 0 Å². The minimum absolute atomic E-state index is 0.295. The maximum atomic E-state index is 13.0. The Labute approximate surface area is 69.7 Å². The van der Waals surface area contributed by atoms with Crippen molar-refractivity contribution in [2.45, 2.75) is 38.2 Å². The molecule has 2 atom stereocenters. The van der Waals surface area contributed by atoms with Gasteiger partial charge in [0, 0.05) is 12.8 Å². The van der Waals surface area contributed by atoms with Crippen molar-refractivity contribution < 1.29 is 13.2 Å². The van der Waals surface area contributed by atoms with Crippen LogP contribution in [0, 0.1) is 5.92 Å². The van der Waals surface area contributed by atoms with Crippen LogP contribution in [-0.4, -0.2) is 11.1 Å². The first kappa shape index (κ1) is 11.1. The van der Waals surface area contributed by atoms with Gasteiger partial charge in [0.05, 0.1) is 0 Å². The van der Waals surface area contributed by atoms with Gasteiger partial charge in [-0.05, 0) is 6.42 Å². The van der Waals surface area contributed by atoms with E-state index < -0.39 is 17.0 Å². The summed E-state index contributed by atoms with van der Waals surface area (Å²) in [6, 6.07) is 0. The average molecular weight is 189 g/mol. The Balaban J connectivity index is 4.45. The minimum Gasteiger partial charge on any atom is -0.219 e. The first-order valence-electron chi connectivity index (χ1n) is 3.49. The molecule has 0 spiro atoms. The van der Waals surface area contributed by atoms with E-state index in [1.54, 1.807) is 6.92 Å². The Morgan fingerprint density at radius 2 is 1.73 bits per heavy atom. The summed E-state index contributed by atoms with van der Waals surface area (Å²) < 4.78 is 37.9. The van der Waals surface area contributed by atoms with Crippen LogP contribution in [0.5, 0.6) is 0 Å². The van der Waals surface area contributed by atoms with Gasteiger partial charge in [0.25, 0.3) is 5.92 Å². The van der Waals surface area contributed by atoms with Crippen molar-refractivity contribution in [1.29, 1.82) is 0 Å². The topological polar surface area (TPSA) is 0 Å². The van der Waals surface area contributed by atoms with E-state index in [4.69, 9.17) is 11.6 Å². The number of halogens is 4. The molecule has 0 saturated heterocycles. The molecule has 0 saturated carbocycles. The van der Waals surface area contributed by atoms with Crippen molar-refractivity contribution >= 4 is 11.6 Å². The zero-order chi connectivity index (χ0) is 9.28. The highest BCUT2D eigenvalue weighted by molar-refractivity contribution is 6.23. The summed E-state index contributed by atoms with van der Waals surface area (Å²) in [5.41, 5.74) is 0. The lowest BCUT2D eigenvalue weighted by molar-refractivity contribution is -0.102. The fraction of sp³-hybridized carbons (Fsp3) is 1.00. The van der Waals surface area contributed by atoms with Gasteiger partial charge in [-0.25, -0.2) is 13.2 Å². The molecule has 11 heavy (non-hydrogen) atoms. The number of hydrogen-bond donors (Lipinski definition) is 0. The predicted octanol–water partition coefficient (Wildman–Crippen LogP) is 3.59. The van der Waals surface area contributed by atoms with Gasteiger partial charge < -0.3 is 0 Å². The highest BCUT2D eigenvalue weighted by Gasteiger charge is 2.52. The molecule has 0 aromatic carbocycles. The summed E-state index contributed by atoms with van der Waals surface area (Å²) in [5.74, 6) is -4.33. The molecule has 0 aliphatic carbocycles. The van der Waals surface area contributed by atoms with E-state index in [2.05, 4.69) is 0 Å². The monoisotopic (exact) mass is 188 g/mol. The summed E-state index contributed by atoms with van der Waals surface area (Å²) in [6.45, 7) is 3.48. The third kappa shape index (κ3) is 2.26. The van der Waals surface area contributed by atoms with Crippen LogP contribution >= 0.6 is 11.6 Å². The third-order valence-corrected chi connectivity index (χ3v) is 2.52. The van der Waals surface area contributed by atoms with E-state index in [9.17, 15) is 13.2 Å². The van der Waals surface area contributed by atoms with Gasteiger partial charge in [-0.1, -0.05) is 25.4 Å². The van der Waals surface area contributed by atoms with Gasteiger partial charge in [0.2, 0.25) is 5.13 Å². The van der Waals surface area contributed by atoms with E-state index in [0.717, 1.165) is 0 Å². The highest BCUT2D eigenvalue weighted by Crippen LogP contribution is 2.42. The van der Waals surface area contributed by atoms with Crippen molar-refractivity contribution in [3.8, 4) is 0 Å². The molecule has 0 aliphatic rings. The second-order valence-corrected chi connectivity index (χ2v) is 3.37. The number of rotatable bonds is 3. The van der Waals surface area contributed by atoms with E-state index in [0.29, 0.717) is 13.3 Å². The average Bonchev–Trinajstić information content (AvgIpc) is 1.83. The molecule has 0 aromatic rings. The molecule has 0 rings (SSSR count). The summed E-state index contributed by atoms with van der Waals surface area (Å²) >= 11 is 5.05. The van der Waals surface area contributed by atoms with E-state index in [1.165, 1.54) is 6.92 Å². The molecule has 0 N–H and O–H groups in total. The molecule has 68 valence electrons. The fourth-order valence-electron chi connectivity index (χ4n) is 0.689. The molecule has 4 heteroatoms. The van der Waals surface area contributed by atoms with E-state index in [-0.39, 0.29) is 0 Å². The quantitative estimate of drug-likeness (QED) is 0.594. The SMILES string of the molecule is CC[C@@H](C)C(F)(Cl)C(C)(F)F.